The van der Waals surface area contributed by atoms with Crippen molar-refractivity contribution in [1.29, 1.82) is 0 Å². The number of hydrogen-bond donors (Lipinski definition) is 1. The van der Waals surface area contributed by atoms with E-state index in [-0.39, 0.29) is 23.3 Å². The normalized spacial score (nSPS) is 17.6. The van der Waals surface area contributed by atoms with E-state index in [1.165, 1.54) is 11.2 Å². The summed E-state index contributed by atoms with van der Waals surface area (Å²) in [5.41, 5.74) is 2.27. The fraction of sp³-hybridized carbons (Fsp3) is 0.241. The van der Waals surface area contributed by atoms with Crippen LogP contribution in [0.5, 0.6) is 5.75 Å². The van der Waals surface area contributed by atoms with Crippen LogP contribution < -0.4 is 4.74 Å². The van der Waals surface area contributed by atoms with Gasteiger partial charge in [0, 0.05) is 5.56 Å². The molecule has 1 aromatic heterocycles. The molecule has 0 spiro atoms. The molecule has 0 radical (unpaired) electrons. The number of aliphatic hydroxyl groups is 1. The van der Waals surface area contributed by atoms with Gasteiger partial charge in [-0.3, -0.25) is 9.59 Å². The molecule has 3 aromatic rings. The van der Waals surface area contributed by atoms with E-state index in [1.54, 1.807) is 42.5 Å². The van der Waals surface area contributed by atoms with Crippen LogP contribution in [0, 0.1) is 0 Å². The lowest BCUT2D eigenvalue weighted by Crippen LogP contribution is -2.29. The van der Waals surface area contributed by atoms with Crippen molar-refractivity contribution in [3.05, 3.63) is 108 Å². The molecule has 1 fully saturated rings. The average Bonchev–Trinajstić information content (AvgIpc) is 3.44. The minimum absolute atomic E-state index is 0.0461. The first-order valence-electron chi connectivity index (χ1n) is 11.5. The van der Waals surface area contributed by atoms with Crippen LogP contribution in [0.25, 0.3) is 5.76 Å². The Bertz CT molecular complexity index is 1250. The van der Waals surface area contributed by atoms with Gasteiger partial charge in [-0.2, -0.15) is 0 Å². The minimum atomic E-state index is -0.759. The number of Topliss-reactive ketones (excluding diaryl/α,β-unsaturated/α-hetero) is 1. The van der Waals surface area contributed by atoms with E-state index < -0.39 is 17.7 Å². The number of furan rings is 1. The van der Waals surface area contributed by atoms with Crippen LogP contribution in [0.15, 0.2) is 89.6 Å². The maximum Gasteiger partial charge on any atom is 0.296 e. The number of amides is 1. The largest absolute Gasteiger partial charge is 0.507 e. The molecule has 0 unspecified atom stereocenters. The van der Waals surface area contributed by atoms with Crippen molar-refractivity contribution in [2.45, 2.75) is 38.8 Å². The van der Waals surface area contributed by atoms with Crippen LogP contribution in [0.4, 0.5) is 0 Å². The Morgan fingerprint density at radius 1 is 1.09 bits per heavy atom. The van der Waals surface area contributed by atoms with Gasteiger partial charge in [0.2, 0.25) is 0 Å². The minimum Gasteiger partial charge on any atom is -0.507 e. The van der Waals surface area contributed by atoms with Gasteiger partial charge in [0.05, 0.1) is 24.4 Å². The number of carbonyl (C=O) groups excluding carboxylic acids is 2. The zero-order valence-electron chi connectivity index (χ0n) is 20.2. The van der Waals surface area contributed by atoms with Gasteiger partial charge in [-0.25, -0.2) is 0 Å². The smallest absolute Gasteiger partial charge is 0.296 e. The number of ether oxygens (including phenoxy) is 1. The fourth-order valence-corrected chi connectivity index (χ4v) is 4.15. The number of likely N-dealkylation sites (tertiary alicyclic amines) is 1. The first-order chi connectivity index (χ1) is 16.7. The van der Waals surface area contributed by atoms with E-state index >= 15 is 0 Å². The third kappa shape index (κ3) is 4.92. The van der Waals surface area contributed by atoms with E-state index in [2.05, 4.69) is 27.4 Å². The second-order valence-electron chi connectivity index (χ2n) is 9.50. The molecule has 1 amide bonds. The summed E-state index contributed by atoms with van der Waals surface area (Å²) in [6.07, 6.45) is 3.16. The zero-order valence-corrected chi connectivity index (χ0v) is 20.2. The number of aliphatic hydroxyl groups excluding tert-OH is 1. The third-order valence-corrected chi connectivity index (χ3v) is 6.03. The van der Waals surface area contributed by atoms with E-state index in [9.17, 15) is 14.7 Å². The highest BCUT2D eigenvalue weighted by Gasteiger charge is 2.46. The molecule has 1 aliphatic rings. The Hall–Kier alpha value is -4.06. The highest BCUT2D eigenvalue weighted by molar-refractivity contribution is 6.46. The first-order valence-corrected chi connectivity index (χ1v) is 11.5. The molecule has 180 valence electrons. The Kier molecular flexibility index (Phi) is 6.65. The molecule has 1 N–H and O–H groups in total. The van der Waals surface area contributed by atoms with Gasteiger partial charge in [0.25, 0.3) is 11.7 Å². The van der Waals surface area contributed by atoms with Crippen LogP contribution in [-0.4, -0.2) is 28.3 Å². The third-order valence-electron chi connectivity index (χ3n) is 6.03. The predicted octanol–water partition coefficient (Wildman–Crippen LogP) is 5.76. The maximum absolute atomic E-state index is 13.2. The Morgan fingerprint density at radius 3 is 2.34 bits per heavy atom. The summed E-state index contributed by atoms with van der Waals surface area (Å²) in [7, 11) is 0. The molecule has 1 saturated heterocycles. The van der Waals surface area contributed by atoms with Gasteiger partial charge in [0.15, 0.2) is 0 Å². The molecule has 1 aliphatic heterocycles. The maximum atomic E-state index is 13.2. The molecule has 2 heterocycles. The summed E-state index contributed by atoms with van der Waals surface area (Å²) in [6.45, 7) is 10.4. The average molecular weight is 472 g/mol. The summed E-state index contributed by atoms with van der Waals surface area (Å²) >= 11 is 0. The number of nitrogens with zero attached hydrogens (tertiary/aromatic N) is 1. The van der Waals surface area contributed by atoms with E-state index in [0.29, 0.717) is 23.7 Å². The first kappa shape index (κ1) is 24.1. The lowest BCUT2D eigenvalue weighted by Gasteiger charge is -2.26. The van der Waals surface area contributed by atoms with Crippen LogP contribution in [0.1, 0.15) is 49.3 Å². The van der Waals surface area contributed by atoms with E-state index in [0.717, 1.165) is 11.1 Å². The van der Waals surface area contributed by atoms with Crippen molar-refractivity contribution in [1.82, 2.24) is 4.90 Å². The number of benzene rings is 2. The number of carbonyl (C=O) groups is 2. The summed E-state index contributed by atoms with van der Waals surface area (Å²) in [5, 5.41) is 11.2. The standard InChI is InChI=1S/C29H29NO5/c1-5-16-34-22-14-10-20(11-15-22)26(31)24-25(19-8-12-21(13-9-19)29(2,3)4)30(28(33)27(24)32)18-23-7-6-17-35-23/h5-15,17,25,31H,1,16,18H2,2-4H3/t25-/m0/s1. The molecule has 0 bridgehead atoms. The molecule has 2 aromatic carbocycles. The summed E-state index contributed by atoms with van der Waals surface area (Å²) in [6, 6.07) is 17.2. The van der Waals surface area contributed by atoms with Crippen molar-refractivity contribution in [3.63, 3.8) is 0 Å². The van der Waals surface area contributed by atoms with Crippen LogP contribution in [0.2, 0.25) is 0 Å². The topological polar surface area (TPSA) is 80.0 Å². The fourth-order valence-electron chi connectivity index (χ4n) is 4.15. The van der Waals surface area contributed by atoms with E-state index in [1.807, 2.05) is 24.3 Å². The number of ketones is 1. The van der Waals surface area contributed by atoms with Gasteiger partial charge in [-0.15, -0.1) is 0 Å². The summed E-state index contributed by atoms with van der Waals surface area (Å²) in [5.74, 6) is -0.490. The lowest BCUT2D eigenvalue weighted by molar-refractivity contribution is -0.140. The van der Waals surface area contributed by atoms with Gasteiger partial charge in [-0.1, -0.05) is 57.7 Å². The van der Waals surface area contributed by atoms with Crippen LogP contribution in [0.3, 0.4) is 0 Å². The molecule has 0 aliphatic carbocycles. The van der Waals surface area contributed by atoms with E-state index in [4.69, 9.17) is 9.15 Å². The molecule has 1 atom stereocenters. The molecule has 0 saturated carbocycles. The van der Waals surface area contributed by atoms with Crippen molar-refractivity contribution in [2.24, 2.45) is 0 Å². The van der Waals surface area contributed by atoms with Crippen molar-refractivity contribution in [2.75, 3.05) is 6.61 Å². The number of hydrogen-bond acceptors (Lipinski definition) is 5. The van der Waals surface area contributed by atoms with Gasteiger partial charge in [0.1, 0.15) is 23.9 Å². The van der Waals surface area contributed by atoms with Crippen molar-refractivity contribution < 1.29 is 23.8 Å². The SMILES string of the molecule is C=CCOc1ccc(C(O)=C2C(=O)C(=O)N(Cc3ccco3)[C@H]2c2ccc(C(C)(C)C)cc2)cc1. The molecule has 4 rings (SSSR count). The second kappa shape index (κ2) is 9.66. The van der Waals surface area contributed by atoms with Crippen LogP contribution in [-0.2, 0) is 21.5 Å². The Balaban J connectivity index is 1.79. The molecular weight excluding hydrogens is 442 g/mol. The Morgan fingerprint density at radius 2 is 1.77 bits per heavy atom. The van der Waals surface area contributed by atoms with Crippen molar-refractivity contribution >= 4 is 17.4 Å². The Labute approximate surface area is 205 Å². The highest BCUT2D eigenvalue weighted by Crippen LogP contribution is 2.41. The molecule has 6 nitrogen and oxygen atoms in total. The molecule has 35 heavy (non-hydrogen) atoms. The highest BCUT2D eigenvalue weighted by atomic mass is 16.5. The van der Waals surface area contributed by atoms with Gasteiger partial charge >= 0.3 is 0 Å². The van der Waals surface area contributed by atoms with Gasteiger partial charge < -0.3 is 19.2 Å². The molecule has 6 heteroatoms. The van der Waals surface area contributed by atoms with Gasteiger partial charge in [-0.05, 0) is 52.9 Å². The number of rotatable bonds is 7. The second-order valence-corrected chi connectivity index (χ2v) is 9.50. The predicted molar refractivity (Wildman–Crippen MR) is 134 cm³/mol. The monoisotopic (exact) mass is 471 g/mol. The summed E-state index contributed by atoms with van der Waals surface area (Å²) < 4.78 is 11.0. The quantitative estimate of drug-likeness (QED) is 0.205. The zero-order chi connectivity index (χ0) is 25.2. The van der Waals surface area contributed by atoms with Crippen LogP contribution >= 0.6 is 0 Å². The molecular formula is C29H29NO5. The van der Waals surface area contributed by atoms with Crippen molar-refractivity contribution in [3.8, 4) is 5.75 Å². The lowest BCUT2D eigenvalue weighted by atomic mass is 9.85. The summed E-state index contributed by atoms with van der Waals surface area (Å²) in [4.78, 5) is 27.8.